The van der Waals surface area contributed by atoms with Crippen molar-refractivity contribution >= 4 is 51.7 Å². The van der Waals surface area contributed by atoms with Crippen molar-refractivity contribution in [2.75, 3.05) is 11.9 Å². The van der Waals surface area contributed by atoms with Gasteiger partial charge in [-0.05, 0) is 48.9 Å². The minimum absolute atomic E-state index is 0.0265. The summed E-state index contributed by atoms with van der Waals surface area (Å²) >= 11 is 7.18. The number of anilines is 1. The molecular weight excluding hydrogens is 401 g/mol. The Morgan fingerprint density at radius 1 is 1.29 bits per heavy atom. The fourth-order valence-corrected chi connectivity index (χ4v) is 4.10. The summed E-state index contributed by atoms with van der Waals surface area (Å²) in [6.07, 6.45) is 0.787. The molecule has 0 aliphatic carbocycles. The first-order valence-electron chi connectivity index (χ1n) is 8.84. The molecular formula is C20H19ClFN3O2S. The molecule has 1 aliphatic heterocycles. The van der Waals surface area contributed by atoms with Crippen LogP contribution in [0.25, 0.3) is 0 Å². The first kappa shape index (κ1) is 20.4. The lowest BCUT2D eigenvalue weighted by molar-refractivity contribution is -0.128. The van der Waals surface area contributed by atoms with Crippen LogP contribution in [-0.2, 0) is 9.59 Å². The number of benzene rings is 2. The Balaban J connectivity index is 1.72. The topological polar surface area (TPSA) is 61.8 Å². The zero-order valence-electron chi connectivity index (χ0n) is 15.2. The molecule has 1 atom stereocenters. The van der Waals surface area contributed by atoms with Crippen molar-refractivity contribution in [1.29, 1.82) is 0 Å². The van der Waals surface area contributed by atoms with Gasteiger partial charge in [0.15, 0.2) is 5.17 Å². The summed E-state index contributed by atoms with van der Waals surface area (Å²) < 4.78 is 13.1. The van der Waals surface area contributed by atoms with Gasteiger partial charge in [-0.3, -0.25) is 14.5 Å². The highest BCUT2D eigenvalue weighted by molar-refractivity contribution is 8.15. The zero-order valence-corrected chi connectivity index (χ0v) is 16.8. The van der Waals surface area contributed by atoms with Gasteiger partial charge < -0.3 is 5.32 Å². The zero-order chi connectivity index (χ0) is 20.1. The van der Waals surface area contributed by atoms with Crippen molar-refractivity contribution in [3.8, 4) is 0 Å². The third kappa shape index (κ3) is 5.11. The molecule has 0 spiro atoms. The van der Waals surface area contributed by atoms with E-state index in [0.29, 0.717) is 28.1 Å². The Kier molecular flexibility index (Phi) is 6.70. The molecule has 8 heteroatoms. The lowest BCUT2D eigenvalue weighted by atomic mass is 10.2. The second-order valence-corrected chi connectivity index (χ2v) is 7.84. The number of nitrogens with one attached hydrogen (secondary N) is 1. The predicted octanol–water partition coefficient (Wildman–Crippen LogP) is 4.85. The van der Waals surface area contributed by atoms with Crippen molar-refractivity contribution in [3.05, 3.63) is 59.4 Å². The highest BCUT2D eigenvalue weighted by Gasteiger charge is 2.38. The van der Waals surface area contributed by atoms with E-state index in [1.807, 2.05) is 6.92 Å². The largest absolute Gasteiger partial charge is 0.326 e. The van der Waals surface area contributed by atoms with Crippen LogP contribution in [0.1, 0.15) is 19.8 Å². The average molecular weight is 420 g/mol. The molecule has 2 aromatic carbocycles. The molecule has 146 valence electrons. The van der Waals surface area contributed by atoms with Crippen LogP contribution < -0.4 is 5.32 Å². The van der Waals surface area contributed by atoms with Crippen molar-refractivity contribution in [1.82, 2.24) is 4.90 Å². The SMILES string of the molecule is CCCN1C(=O)C(CC(=O)Nc2cccc(Cl)c2)SC1=Nc1ccc(F)cc1. The van der Waals surface area contributed by atoms with Gasteiger partial charge in [-0.1, -0.05) is 36.4 Å². The van der Waals surface area contributed by atoms with Crippen LogP contribution in [0.15, 0.2) is 53.5 Å². The number of rotatable bonds is 6. The number of nitrogens with zero attached hydrogens (tertiary/aromatic N) is 2. The van der Waals surface area contributed by atoms with Crippen molar-refractivity contribution in [2.24, 2.45) is 4.99 Å². The molecule has 1 heterocycles. The van der Waals surface area contributed by atoms with Crippen LogP contribution in [0.3, 0.4) is 0 Å². The minimum Gasteiger partial charge on any atom is -0.326 e. The molecule has 2 amide bonds. The van der Waals surface area contributed by atoms with E-state index >= 15 is 0 Å². The average Bonchev–Trinajstić information content (AvgIpc) is 2.93. The van der Waals surface area contributed by atoms with Crippen molar-refractivity contribution in [2.45, 2.75) is 25.0 Å². The molecule has 2 aromatic rings. The number of carbonyl (C=O) groups is 2. The molecule has 1 saturated heterocycles. The standard InChI is InChI=1S/C20H19ClFN3O2S/c1-2-10-25-19(27)17(12-18(26)23-16-5-3-4-13(21)11-16)28-20(25)24-15-8-6-14(22)7-9-15/h3-9,11,17H,2,10,12H2,1H3,(H,23,26). The quantitative estimate of drug-likeness (QED) is 0.728. The van der Waals surface area contributed by atoms with Gasteiger partial charge in [-0.15, -0.1) is 0 Å². The van der Waals surface area contributed by atoms with Crippen LogP contribution in [0.2, 0.25) is 5.02 Å². The first-order valence-corrected chi connectivity index (χ1v) is 10.1. The Bertz CT molecular complexity index is 905. The maximum atomic E-state index is 13.1. The van der Waals surface area contributed by atoms with E-state index in [0.717, 1.165) is 6.42 Å². The van der Waals surface area contributed by atoms with Gasteiger partial charge in [0.2, 0.25) is 11.8 Å². The number of aliphatic imine (C=N–C) groups is 1. The minimum atomic E-state index is -0.551. The number of hydrogen-bond acceptors (Lipinski definition) is 4. The maximum Gasteiger partial charge on any atom is 0.242 e. The highest BCUT2D eigenvalue weighted by atomic mass is 35.5. The van der Waals surface area contributed by atoms with E-state index in [1.165, 1.54) is 23.9 Å². The number of carbonyl (C=O) groups excluding carboxylic acids is 2. The fourth-order valence-electron chi connectivity index (χ4n) is 2.73. The molecule has 0 aromatic heterocycles. The molecule has 28 heavy (non-hydrogen) atoms. The molecule has 5 nitrogen and oxygen atoms in total. The normalized spacial score (nSPS) is 18.0. The Morgan fingerprint density at radius 3 is 2.71 bits per heavy atom. The number of amidine groups is 1. The highest BCUT2D eigenvalue weighted by Crippen LogP contribution is 2.32. The number of hydrogen-bond donors (Lipinski definition) is 1. The summed E-state index contributed by atoms with van der Waals surface area (Å²) in [4.78, 5) is 31.2. The molecule has 1 unspecified atom stereocenters. The third-order valence-corrected chi connectivity index (χ3v) is 5.41. The molecule has 1 N–H and O–H groups in total. The molecule has 0 radical (unpaired) electrons. The monoisotopic (exact) mass is 419 g/mol. The van der Waals surface area contributed by atoms with Gasteiger partial charge in [0.05, 0.1) is 5.69 Å². The third-order valence-electron chi connectivity index (χ3n) is 4.00. The van der Waals surface area contributed by atoms with Gasteiger partial charge in [0, 0.05) is 23.7 Å². The molecule has 0 saturated carbocycles. The van der Waals surface area contributed by atoms with E-state index in [4.69, 9.17) is 11.6 Å². The Labute approximate surface area is 172 Å². The number of thioether (sulfide) groups is 1. The van der Waals surface area contributed by atoms with Gasteiger partial charge in [-0.2, -0.15) is 0 Å². The van der Waals surface area contributed by atoms with Crippen LogP contribution >= 0.6 is 23.4 Å². The molecule has 0 bridgehead atoms. The predicted molar refractivity (Wildman–Crippen MR) is 112 cm³/mol. The molecule has 1 fully saturated rings. The second kappa shape index (κ2) is 9.21. The smallest absolute Gasteiger partial charge is 0.242 e. The van der Waals surface area contributed by atoms with E-state index in [2.05, 4.69) is 10.3 Å². The lowest BCUT2D eigenvalue weighted by Crippen LogP contribution is -2.34. The van der Waals surface area contributed by atoms with Crippen LogP contribution in [0.4, 0.5) is 15.8 Å². The van der Waals surface area contributed by atoms with Crippen molar-refractivity contribution < 1.29 is 14.0 Å². The summed E-state index contributed by atoms with van der Waals surface area (Å²) in [6, 6.07) is 12.6. The number of amides is 2. The fraction of sp³-hybridized carbons (Fsp3) is 0.250. The van der Waals surface area contributed by atoms with Crippen LogP contribution in [0, 0.1) is 5.82 Å². The van der Waals surface area contributed by atoms with Crippen LogP contribution in [0.5, 0.6) is 0 Å². The summed E-state index contributed by atoms with van der Waals surface area (Å²) in [6.45, 7) is 2.48. The Hall–Kier alpha value is -2.38. The van der Waals surface area contributed by atoms with E-state index in [9.17, 15) is 14.0 Å². The Morgan fingerprint density at radius 2 is 2.04 bits per heavy atom. The van der Waals surface area contributed by atoms with Crippen LogP contribution in [-0.4, -0.2) is 33.7 Å². The molecule has 1 aliphatic rings. The van der Waals surface area contributed by atoms with E-state index in [-0.39, 0.29) is 24.1 Å². The summed E-state index contributed by atoms with van der Waals surface area (Å²) in [5.41, 5.74) is 1.14. The van der Waals surface area contributed by atoms with Gasteiger partial charge >= 0.3 is 0 Å². The molecule has 3 rings (SSSR count). The van der Waals surface area contributed by atoms with E-state index < -0.39 is 5.25 Å². The summed E-state index contributed by atoms with van der Waals surface area (Å²) in [5, 5.41) is 3.25. The van der Waals surface area contributed by atoms with Gasteiger partial charge in [0.25, 0.3) is 0 Å². The van der Waals surface area contributed by atoms with Gasteiger partial charge in [0.1, 0.15) is 11.1 Å². The van der Waals surface area contributed by atoms with Crippen molar-refractivity contribution in [3.63, 3.8) is 0 Å². The summed E-state index contributed by atoms with van der Waals surface area (Å²) in [5.74, 6) is -0.762. The maximum absolute atomic E-state index is 13.1. The number of halogens is 2. The first-order chi connectivity index (χ1) is 13.5. The lowest BCUT2D eigenvalue weighted by Gasteiger charge is -2.15. The second-order valence-electron chi connectivity index (χ2n) is 6.23. The van der Waals surface area contributed by atoms with E-state index in [1.54, 1.807) is 41.3 Å². The van der Waals surface area contributed by atoms with Gasteiger partial charge in [-0.25, -0.2) is 9.38 Å². The summed E-state index contributed by atoms with van der Waals surface area (Å²) in [7, 11) is 0.